The fraction of sp³-hybridized carbons (Fsp3) is 1.00. The smallest absolute Gasteiger partial charge is 0.367 e. The highest BCUT2D eigenvalue weighted by molar-refractivity contribution is 4.95. The Morgan fingerprint density at radius 1 is 1.45 bits per heavy atom. The zero-order chi connectivity index (χ0) is 8.54. The minimum absolute atomic E-state index is 0.00694. The van der Waals surface area contributed by atoms with E-state index < -0.39 is 11.8 Å². The maximum absolute atomic E-state index is 12.3. The summed E-state index contributed by atoms with van der Waals surface area (Å²) in [5, 5.41) is 2.63. The minimum Gasteiger partial charge on any atom is -0.367 e. The molecule has 1 atom stereocenters. The van der Waals surface area contributed by atoms with E-state index >= 15 is 0 Å². The average Bonchev–Trinajstić information content (AvgIpc) is 2.33. The standard InChI is InChI=1S/C6H10F3NO/c1-11-5(6(7,8)9)2-3-10-4-5/h10H,2-4H2,1H3/t5-/m1/s1. The number of hydrogen-bond acceptors (Lipinski definition) is 2. The fourth-order valence-corrected chi connectivity index (χ4v) is 1.20. The highest BCUT2D eigenvalue weighted by Gasteiger charge is 2.56. The molecule has 0 aromatic heterocycles. The monoisotopic (exact) mass is 169 g/mol. The second-order valence-corrected chi connectivity index (χ2v) is 2.62. The molecule has 1 N–H and O–H groups in total. The van der Waals surface area contributed by atoms with Gasteiger partial charge in [0.1, 0.15) is 0 Å². The highest BCUT2D eigenvalue weighted by atomic mass is 19.4. The molecule has 11 heavy (non-hydrogen) atoms. The van der Waals surface area contributed by atoms with E-state index in [1.54, 1.807) is 0 Å². The maximum Gasteiger partial charge on any atom is 0.418 e. The van der Waals surface area contributed by atoms with Crippen molar-refractivity contribution in [3.05, 3.63) is 0 Å². The molecule has 1 heterocycles. The molecule has 66 valence electrons. The molecule has 0 aromatic carbocycles. The van der Waals surface area contributed by atoms with Crippen molar-refractivity contribution in [3.8, 4) is 0 Å². The van der Waals surface area contributed by atoms with Gasteiger partial charge in [0.15, 0.2) is 5.60 Å². The van der Waals surface area contributed by atoms with Crippen molar-refractivity contribution < 1.29 is 17.9 Å². The van der Waals surface area contributed by atoms with Crippen LogP contribution in [0, 0.1) is 0 Å². The number of nitrogens with one attached hydrogen (secondary N) is 1. The molecule has 0 bridgehead atoms. The van der Waals surface area contributed by atoms with Gasteiger partial charge in [0.05, 0.1) is 0 Å². The molecule has 1 aliphatic rings. The van der Waals surface area contributed by atoms with Gasteiger partial charge >= 0.3 is 6.18 Å². The van der Waals surface area contributed by atoms with Gasteiger partial charge in [-0.25, -0.2) is 0 Å². The summed E-state index contributed by atoms with van der Waals surface area (Å²) in [6, 6.07) is 0. The van der Waals surface area contributed by atoms with Crippen molar-refractivity contribution in [2.24, 2.45) is 0 Å². The summed E-state index contributed by atoms with van der Waals surface area (Å²) in [4.78, 5) is 0. The van der Waals surface area contributed by atoms with Crippen LogP contribution in [0.15, 0.2) is 0 Å². The third-order valence-corrected chi connectivity index (χ3v) is 2.02. The quantitative estimate of drug-likeness (QED) is 0.630. The van der Waals surface area contributed by atoms with E-state index in [-0.39, 0.29) is 13.0 Å². The summed E-state index contributed by atoms with van der Waals surface area (Å²) >= 11 is 0. The van der Waals surface area contributed by atoms with Gasteiger partial charge < -0.3 is 10.1 Å². The first-order valence-corrected chi connectivity index (χ1v) is 3.34. The van der Waals surface area contributed by atoms with Crippen LogP contribution in [0.4, 0.5) is 13.2 Å². The molecular formula is C6H10F3NO. The Kier molecular flexibility index (Phi) is 2.11. The summed E-state index contributed by atoms with van der Waals surface area (Å²) < 4.78 is 41.2. The summed E-state index contributed by atoms with van der Waals surface area (Å²) in [6.45, 7) is 0.236. The van der Waals surface area contributed by atoms with Crippen molar-refractivity contribution in [2.45, 2.75) is 18.2 Å². The number of ether oxygens (including phenoxy) is 1. The minimum atomic E-state index is -4.26. The molecule has 5 heteroatoms. The lowest BCUT2D eigenvalue weighted by atomic mass is 10.0. The van der Waals surface area contributed by atoms with Crippen molar-refractivity contribution in [1.82, 2.24) is 5.32 Å². The Morgan fingerprint density at radius 2 is 2.09 bits per heavy atom. The van der Waals surface area contributed by atoms with Crippen LogP contribution in [-0.2, 0) is 4.74 Å². The number of hydrogen-bond donors (Lipinski definition) is 1. The van der Waals surface area contributed by atoms with Gasteiger partial charge in [0, 0.05) is 13.7 Å². The van der Waals surface area contributed by atoms with Crippen LogP contribution in [-0.4, -0.2) is 32.0 Å². The van der Waals surface area contributed by atoms with Gasteiger partial charge in [0.2, 0.25) is 0 Å². The van der Waals surface area contributed by atoms with Crippen LogP contribution >= 0.6 is 0 Å². The largest absolute Gasteiger partial charge is 0.418 e. The number of alkyl halides is 3. The van der Waals surface area contributed by atoms with Gasteiger partial charge in [-0.15, -0.1) is 0 Å². The molecular weight excluding hydrogens is 159 g/mol. The SMILES string of the molecule is CO[C@]1(C(F)(F)F)CCNC1. The Balaban J connectivity index is 2.75. The van der Waals surface area contributed by atoms with E-state index in [0.717, 1.165) is 7.11 Å². The lowest BCUT2D eigenvalue weighted by molar-refractivity contribution is -0.261. The molecule has 0 unspecified atom stereocenters. The topological polar surface area (TPSA) is 21.3 Å². The van der Waals surface area contributed by atoms with Crippen LogP contribution < -0.4 is 5.32 Å². The lowest BCUT2D eigenvalue weighted by Gasteiger charge is -2.28. The summed E-state index contributed by atoms with van der Waals surface area (Å²) in [7, 11) is 1.10. The van der Waals surface area contributed by atoms with E-state index in [1.165, 1.54) is 0 Å². The Labute approximate surface area is 62.7 Å². The molecule has 0 radical (unpaired) electrons. The summed E-state index contributed by atoms with van der Waals surface area (Å²) in [6.07, 6.45) is -4.25. The second-order valence-electron chi connectivity index (χ2n) is 2.62. The van der Waals surface area contributed by atoms with Crippen molar-refractivity contribution in [3.63, 3.8) is 0 Å². The average molecular weight is 169 g/mol. The molecule has 0 aromatic rings. The van der Waals surface area contributed by atoms with Crippen LogP contribution in [0.1, 0.15) is 6.42 Å². The molecule has 0 aliphatic carbocycles. The molecule has 0 amide bonds. The van der Waals surface area contributed by atoms with Crippen LogP contribution in [0.5, 0.6) is 0 Å². The molecule has 0 saturated carbocycles. The first-order chi connectivity index (χ1) is 5.02. The van der Waals surface area contributed by atoms with Gasteiger partial charge in [-0.2, -0.15) is 13.2 Å². The normalized spacial score (nSPS) is 32.7. The molecule has 1 aliphatic heterocycles. The van der Waals surface area contributed by atoms with Crippen LogP contribution in [0.25, 0.3) is 0 Å². The molecule has 1 fully saturated rings. The Hall–Kier alpha value is -0.290. The zero-order valence-electron chi connectivity index (χ0n) is 6.16. The third kappa shape index (κ3) is 1.35. The highest BCUT2D eigenvalue weighted by Crippen LogP contribution is 2.37. The van der Waals surface area contributed by atoms with E-state index in [2.05, 4.69) is 10.1 Å². The van der Waals surface area contributed by atoms with Crippen molar-refractivity contribution in [2.75, 3.05) is 20.2 Å². The second kappa shape index (κ2) is 2.64. The fourth-order valence-electron chi connectivity index (χ4n) is 1.20. The first-order valence-electron chi connectivity index (χ1n) is 3.34. The van der Waals surface area contributed by atoms with E-state index in [4.69, 9.17) is 0 Å². The number of methoxy groups -OCH3 is 1. The predicted molar refractivity (Wildman–Crippen MR) is 33.3 cm³/mol. The summed E-state index contributed by atoms with van der Waals surface area (Å²) in [5.41, 5.74) is -1.94. The van der Waals surface area contributed by atoms with E-state index in [1.807, 2.05) is 0 Å². The van der Waals surface area contributed by atoms with Crippen LogP contribution in [0.2, 0.25) is 0 Å². The van der Waals surface area contributed by atoms with Crippen molar-refractivity contribution in [1.29, 1.82) is 0 Å². The van der Waals surface area contributed by atoms with Gasteiger partial charge in [-0.3, -0.25) is 0 Å². The van der Waals surface area contributed by atoms with E-state index in [0.29, 0.717) is 6.54 Å². The van der Waals surface area contributed by atoms with Gasteiger partial charge in [0.25, 0.3) is 0 Å². The predicted octanol–water partition coefficient (Wildman–Crippen LogP) is 0.927. The Morgan fingerprint density at radius 3 is 2.27 bits per heavy atom. The van der Waals surface area contributed by atoms with Crippen LogP contribution in [0.3, 0.4) is 0 Å². The molecule has 1 rings (SSSR count). The number of rotatable bonds is 1. The lowest BCUT2D eigenvalue weighted by Crippen LogP contribution is -2.48. The molecule has 2 nitrogen and oxygen atoms in total. The van der Waals surface area contributed by atoms with Crippen molar-refractivity contribution >= 4 is 0 Å². The number of halogens is 3. The summed E-state index contributed by atoms with van der Waals surface area (Å²) in [5.74, 6) is 0. The molecule has 0 spiro atoms. The van der Waals surface area contributed by atoms with Gasteiger partial charge in [-0.05, 0) is 13.0 Å². The maximum atomic E-state index is 12.3. The van der Waals surface area contributed by atoms with E-state index in [9.17, 15) is 13.2 Å². The first kappa shape index (κ1) is 8.80. The molecule has 1 saturated heterocycles. The third-order valence-electron chi connectivity index (χ3n) is 2.02. The van der Waals surface area contributed by atoms with Gasteiger partial charge in [-0.1, -0.05) is 0 Å². The zero-order valence-corrected chi connectivity index (χ0v) is 6.16. The Bertz CT molecular complexity index is 139.